The van der Waals surface area contributed by atoms with Gasteiger partial charge in [0.1, 0.15) is 35.7 Å². The van der Waals surface area contributed by atoms with Gasteiger partial charge in [0.25, 0.3) is 0 Å². The van der Waals surface area contributed by atoms with E-state index in [-0.39, 0.29) is 84.0 Å². The number of anilines is 2. The Labute approximate surface area is 310 Å². The molecule has 4 aromatic rings. The van der Waals surface area contributed by atoms with E-state index in [2.05, 4.69) is 4.99 Å². The zero-order valence-corrected chi connectivity index (χ0v) is 29.8. The van der Waals surface area contributed by atoms with E-state index in [1.807, 2.05) is 13.8 Å². The van der Waals surface area contributed by atoms with E-state index in [0.29, 0.717) is 50.3 Å². The summed E-state index contributed by atoms with van der Waals surface area (Å²) in [6.07, 6.45) is 2.55. The number of nitrogens with one attached hydrogen (secondary N) is 1. The normalized spacial score (nSPS) is 19.7. The van der Waals surface area contributed by atoms with Gasteiger partial charge in [-0.25, -0.2) is 18.4 Å². The lowest BCUT2D eigenvalue weighted by atomic mass is 10.1. The van der Waals surface area contributed by atoms with Crippen LogP contribution in [0.2, 0.25) is 0 Å². The number of hydrogen-bond donors (Lipinski definition) is 4. The first kappa shape index (κ1) is 35.6. The van der Waals surface area contributed by atoms with Crippen LogP contribution in [0.4, 0.5) is 20.2 Å². The lowest BCUT2D eigenvalue weighted by molar-refractivity contribution is 0.0683. The number of carboxylic acids is 2. The van der Waals surface area contributed by atoms with E-state index in [1.165, 1.54) is 12.4 Å². The third kappa shape index (κ3) is 5.72. The van der Waals surface area contributed by atoms with Crippen LogP contribution < -0.4 is 35.9 Å². The lowest BCUT2D eigenvalue weighted by Gasteiger charge is -2.39. The number of hydrogen-bond acceptors (Lipinski definition) is 9. The highest BCUT2D eigenvalue weighted by Crippen LogP contribution is 2.43. The topological polar surface area (TPSA) is 212 Å². The largest absolute Gasteiger partial charge is 0.487 e. The maximum absolute atomic E-state index is 15.7. The molecule has 8 rings (SSSR count). The molecule has 55 heavy (non-hydrogen) atoms. The first-order valence-corrected chi connectivity index (χ1v) is 17.7. The second kappa shape index (κ2) is 13.2. The van der Waals surface area contributed by atoms with Crippen molar-refractivity contribution in [1.29, 1.82) is 5.41 Å². The van der Waals surface area contributed by atoms with Gasteiger partial charge in [-0.15, -0.1) is 0 Å². The molecule has 288 valence electrons. The van der Waals surface area contributed by atoms with Crippen molar-refractivity contribution < 1.29 is 38.1 Å². The Bertz CT molecular complexity index is 2490. The molecule has 5 N–H and O–H groups in total. The first-order chi connectivity index (χ1) is 26.2. The van der Waals surface area contributed by atoms with Crippen molar-refractivity contribution in [2.75, 3.05) is 75.4 Å². The van der Waals surface area contributed by atoms with Crippen LogP contribution in [0.5, 0.6) is 11.5 Å². The molecule has 0 radical (unpaired) electrons. The third-order valence-corrected chi connectivity index (χ3v) is 10.8. The number of nitrogens with zero attached hydrogens (tertiary/aromatic N) is 7. The standard InChI is InChI=1S/C36H37F2N9O8/c1-17-15-54-31-25-19(29(48)21(33(50)51)13-46(17)25)11-23(37)27(31)42-3-7-44(8-4-42)35(39)41-36(40)45-9-5-43(6-10-45)28-24(38)12-20-26-32(28)55-16-18(2)47(26)14-22(30(20)49)34(52)53/h11-14,17-18H,3-10,15-16H2,1-2H3,(H,50,51)(H,52,53)(H3,39,40,41). The van der Waals surface area contributed by atoms with Gasteiger partial charge in [-0.3, -0.25) is 15.0 Å². The third-order valence-electron chi connectivity index (χ3n) is 10.8. The molecule has 19 heteroatoms. The number of guanidine groups is 2. The highest BCUT2D eigenvalue weighted by Gasteiger charge is 2.34. The quantitative estimate of drug-likeness (QED) is 0.174. The van der Waals surface area contributed by atoms with Crippen LogP contribution in [0.1, 0.15) is 46.6 Å². The number of aliphatic imine (C=N–C) groups is 1. The smallest absolute Gasteiger partial charge is 0.341 e. The number of pyridine rings is 2. The molecule has 4 aliphatic rings. The number of aromatic carboxylic acids is 2. The van der Waals surface area contributed by atoms with Gasteiger partial charge in [0, 0.05) is 64.8 Å². The molecule has 2 fully saturated rings. The molecule has 0 bridgehead atoms. The molecule has 4 aliphatic heterocycles. The minimum absolute atomic E-state index is 0.0703. The molecule has 0 aliphatic carbocycles. The summed E-state index contributed by atoms with van der Waals surface area (Å²) in [6, 6.07) is 1.54. The number of rotatable bonds is 4. The van der Waals surface area contributed by atoms with Crippen LogP contribution in [-0.2, 0) is 0 Å². The molecular weight excluding hydrogens is 724 g/mol. The van der Waals surface area contributed by atoms with Gasteiger partial charge in [-0.05, 0) is 26.0 Å². The second-order valence-electron chi connectivity index (χ2n) is 14.1. The van der Waals surface area contributed by atoms with E-state index in [1.54, 1.807) is 28.7 Å². The fraction of sp³-hybridized carbons (Fsp3) is 0.389. The average molecular weight is 762 g/mol. The van der Waals surface area contributed by atoms with Crippen molar-refractivity contribution >= 4 is 57.0 Å². The Morgan fingerprint density at radius 2 is 1.15 bits per heavy atom. The van der Waals surface area contributed by atoms with Crippen LogP contribution in [0.25, 0.3) is 21.8 Å². The summed E-state index contributed by atoms with van der Waals surface area (Å²) < 4.78 is 46.7. The predicted octanol–water partition coefficient (Wildman–Crippen LogP) is 2.09. The zero-order chi connectivity index (χ0) is 39.0. The molecular formula is C36H37F2N9O8. The Morgan fingerprint density at radius 1 is 0.745 bits per heavy atom. The van der Waals surface area contributed by atoms with Gasteiger partial charge in [0.2, 0.25) is 16.8 Å². The Balaban J connectivity index is 0.960. The van der Waals surface area contributed by atoms with Gasteiger partial charge in [0.15, 0.2) is 29.1 Å². The Kier molecular flexibility index (Phi) is 8.53. The highest BCUT2D eigenvalue weighted by atomic mass is 19.1. The zero-order valence-electron chi connectivity index (χ0n) is 29.8. The molecule has 17 nitrogen and oxygen atoms in total. The molecule has 2 unspecified atom stereocenters. The first-order valence-electron chi connectivity index (χ1n) is 17.7. The minimum Gasteiger partial charge on any atom is -0.487 e. The van der Waals surface area contributed by atoms with Crippen LogP contribution in [0, 0.1) is 17.0 Å². The predicted molar refractivity (Wildman–Crippen MR) is 198 cm³/mol. The lowest BCUT2D eigenvalue weighted by Crippen LogP contribution is -2.53. The average Bonchev–Trinajstić information content (AvgIpc) is 3.15. The molecule has 2 aromatic heterocycles. The summed E-state index contributed by atoms with van der Waals surface area (Å²) in [5, 5.41) is 27.7. The minimum atomic E-state index is -1.39. The van der Waals surface area contributed by atoms with Crippen molar-refractivity contribution in [2.24, 2.45) is 10.7 Å². The molecule has 2 atom stereocenters. The Morgan fingerprint density at radius 3 is 1.55 bits per heavy atom. The number of benzene rings is 2. The molecule has 2 saturated heterocycles. The maximum atomic E-state index is 15.7. The fourth-order valence-corrected chi connectivity index (χ4v) is 7.87. The summed E-state index contributed by atoms with van der Waals surface area (Å²) in [5.74, 6) is -3.87. The number of halogens is 2. The monoisotopic (exact) mass is 761 g/mol. The van der Waals surface area contributed by atoms with Crippen LogP contribution >= 0.6 is 0 Å². The van der Waals surface area contributed by atoms with E-state index < -0.39 is 45.6 Å². The molecule has 0 amide bonds. The van der Waals surface area contributed by atoms with Crippen molar-refractivity contribution in [3.8, 4) is 11.5 Å². The van der Waals surface area contributed by atoms with Crippen LogP contribution in [0.15, 0.2) is 39.1 Å². The van der Waals surface area contributed by atoms with Crippen LogP contribution in [0.3, 0.4) is 0 Å². The van der Waals surface area contributed by atoms with E-state index in [9.17, 15) is 29.4 Å². The maximum Gasteiger partial charge on any atom is 0.341 e. The number of piperazine rings is 2. The van der Waals surface area contributed by atoms with Crippen LogP contribution in [-0.4, -0.2) is 119 Å². The van der Waals surface area contributed by atoms with Gasteiger partial charge >= 0.3 is 11.9 Å². The molecule has 2 aromatic carbocycles. The molecule has 6 heterocycles. The van der Waals surface area contributed by atoms with Crippen molar-refractivity contribution in [3.63, 3.8) is 0 Å². The number of carbonyl (C=O) groups is 2. The van der Waals surface area contributed by atoms with E-state index in [4.69, 9.17) is 20.6 Å². The van der Waals surface area contributed by atoms with E-state index in [0.717, 1.165) is 12.1 Å². The van der Waals surface area contributed by atoms with Crippen molar-refractivity contribution in [2.45, 2.75) is 25.9 Å². The summed E-state index contributed by atoms with van der Waals surface area (Å²) in [7, 11) is 0. The summed E-state index contributed by atoms with van der Waals surface area (Å²) in [6.45, 7) is 6.36. The van der Waals surface area contributed by atoms with Gasteiger partial charge in [0.05, 0.1) is 33.9 Å². The number of nitrogens with two attached hydrogens (primary N) is 1. The highest BCUT2D eigenvalue weighted by molar-refractivity contribution is 5.99. The number of aromatic nitrogens is 2. The van der Waals surface area contributed by atoms with E-state index >= 15 is 8.78 Å². The SMILES string of the molecule is CC1COc2c(N3CCN(C(=N)N=C(N)N4CCN(c5c(F)cc6c(=O)c(C(=O)O)cn7c6c5OCC7C)CC4)CC3)c(F)cc3c(=O)c(C(=O)O)cn1c23. The summed E-state index contributed by atoms with van der Waals surface area (Å²) in [5.41, 5.74) is 4.89. The Hall–Kier alpha value is -6.40. The molecule has 0 spiro atoms. The van der Waals surface area contributed by atoms with Gasteiger partial charge < -0.3 is 54.2 Å². The number of ether oxygens (including phenoxy) is 2. The summed E-state index contributed by atoms with van der Waals surface area (Å²) >= 11 is 0. The van der Waals surface area contributed by atoms with Crippen molar-refractivity contribution in [3.05, 3.63) is 67.7 Å². The van der Waals surface area contributed by atoms with Crippen molar-refractivity contribution in [1.82, 2.24) is 18.9 Å². The fourth-order valence-electron chi connectivity index (χ4n) is 7.87. The summed E-state index contributed by atoms with van der Waals surface area (Å²) in [4.78, 5) is 60.8. The van der Waals surface area contributed by atoms with Gasteiger partial charge in [-0.2, -0.15) is 4.99 Å². The number of carboxylic acid groups (broad SMARTS) is 2. The molecule has 0 saturated carbocycles. The second-order valence-corrected chi connectivity index (χ2v) is 14.1. The van der Waals surface area contributed by atoms with Gasteiger partial charge in [-0.1, -0.05) is 0 Å².